The fourth-order valence-corrected chi connectivity index (χ4v) is 2.91. The van der Waals surface area contributed by atoms with E-state index in [9.17, 15) is 4.39 Å². The Morgan fingerprint density at radius 1 is 1.27 bits per heavy atom. The van der Waals surface area contributed by atoms with Crippen LogP contribution in [0.25, 0.3) is 0 Å². The lowest BCUT2D eigenvalue weighted by atomic mass is 9.69. The smallest absolute Gasteiger partial charge is 0.126 e. The molecule has 2 N–H and O–H groups in total. The predicted molar refractivity (Wildman–Crippen MR) is 63.5 cm³/mol. The Balaban J connectivity index is 2.61. The Bertz CT molecular complexity index is 195. The molecule has 15 heavy (non-hydrogen) atoms. The summed E-state index contributed by atoms with van der Waals surface area (Å²) in [6.07, 6.45) is 4.75. The minimum Gasteiger partial charge on any atom is -0.328 e. The second-order valence-corrected chi connectivity index (χ2v) is 5.45. The molecule has 90 valence electrons. The molecule has 0 aliphatic heterocycles. The van der Waals surface area contributed by atoms with Crippen molar-refractivity contribution < 1.29 is 4.39 Å². The van der Waals surface area contributed by atoms with Crippen LogP contribution >= 0.6 is 0 Å². The molecule has 0 aromatic rings. The highest BCUT2D eigenvalue weighted by molar-refractivity contribution is 4.91. The Morgan fingerprint density at radius 3 is 2.40 bits per heavy atom. The van der Waals surface area contributed by atoms with Gasteiger partial charge in [0.15, 0.2) is 0 Å². The third kappa shape index (κ3) is 2.93. The topological polar surface area (TPSA) is 26.0 Å². The maximum atomic E-state index is 14.6. The molecule has 0 amide bonds. The standard InChI is InChI=1S/C13H26FN/c1-4-7-13(14,9-15)12-6-5-10(2)11(3)8-12/h10-12H,4-9,15H2,1-3H3. The highest BCUT2D eigenvalue weighted by atomic mass is 19.1. The van der Waals surface area contributed by atoms with Gasteiger partial charge in [0.1, 0.15) is 5.67 Å². The fourth-order valence-electron chi connectivity index (χ4n) is 2.91. The second-order valence-electron chi connectivity index (χ2n) is 5.45. The summed E-state index contributed by atoms with van der Waals surface area (Å²) < 4.78 is 14.6. The second kappa shape index (κ2) is 5.29. The summed E-state index contributed by atoms with van der Waals surface area (Å²) in [6, 6.07) is 0. The lowest BCUT2D eigenvalue weighted by Gasteiger charge is -2.40. The molecule has 0 saturated heterocycles. The van der Waals surface area contributed by atoms with Crippen LogP contribution in [-0.2, 0) is 0 Å². The molecule has 1 rings (SSSR count). The van der Waals surface area contributed by atoms with Crippen LogP contribution in [0.2, 0.25) is 0 Å². The summed E-state index contributed by atoms with van der Waals surface area (Å²) in [4.78, 5) is 0. The van der Waals surface area contributed by atoms with Gasteiger partial charge in [-0.15, -0.1) is 0 Å². The largest absolute Gasteiger partial charge is 0.328 e. The van der Waals surface area contributed by atoms with Gasteiger partial charge in [-0.25, -0.2) is 4.39 Å². The maximum absolute atomic E-state index is 14.6. The molecular formula is C13H26FN. The van der Waals surface area contributed by atoms with E-state index in [-0.39, 0.29) is 12.5 Å². The van der Waals surface area contributed by atoms with Crippen LogP contribution in [0.15, 0.2) is 0 Å². The zero-order valence-electron chi connectivity index (χ0n) is 10.4. The number of alkyl halides is 1. The predicted octanol–water partition coefficient (Wildman–Crippen LogP) is 3.53. The minimum atomic E-state index is -1.09. The van der Waals surface area contributed by atoms with E-state index in [2.05, 4.69) is 13.8 Å². The molecule has 0 bridgehead atoms. The Kier molecular flexibility index (Phi) is 4.57. The van der Waals surface area contributed by atoms with Crippen LogP contribution in [0.4, 0.5) is 4.39 Å². The molecule has 0 spiro atoms. The molecule has 1 fully saturated rings. The Hall–Kier alpha value is -0.110. The summed E-state index contributed by atoms with van der Waals surface area (Å²) in [7, 11) is 0. The van der Waals surface area contributed by atoms with Gasteiger partial charge in [-0.05, 0) is 37.0 Å². The van der Waals surface area contributed by atoms with Gasteiger partial charge >= 0.3 is 0 Å². The van der Waals surface area contributed by atoms with E-state index in [0.717, 1.165) is 25.2 Å². The maximum Gasteiger partial charge on any atom is 0.126 e. The fraction of sp³-hybridized carbons (Fsp3) is 1.00. The molecule has 0 radical (unpaired) electrons. The zero-order chi connectivity index (χ0) is 11.5. The van der Waals surface area contributed by atoms with Crippen molar-refractivity contribution in [3.05, 3.63) is 0 Å². The molecule has 2 heteroatoms. The summed E-state index contributed by atoms with van der Waals surface area (Å²) in [5.74, 6) is 1.61. The third-order valence-corrected chi connectivity index (χ3v) is 4.33. The van der Waals surface area contributed by atoms with Gasteiger partial charge in [-0.2, -0.15) is 0 Å². The molecule has 4 unspecified atom stereocenters. The quantitative estimate of drug-likeness (QED) is 0.763. The molecule has 1 aliphatic rings. The van der Waals surface area contributed by atoms with Gasteiger partial charge in [0, 0.05) is 6.54 Å². The molecule has 4 atom stereocenters. The highest BCUT2D eigenvalue weighted by Gasteiger charge is 2.40. The molecule has 1 nitrogen and oxygen atoms in total. The number of halogens is 1. The van der Waals surface area contributed by atoms with E-state index < -0.39 is 5.67 Å². The molecule has 0 aromatic carbocycles. The van der Waals surface area contributed by atoms with E-state index >= 15 is 0 Å². The van der Waals surface area contributed by atoms with Crippen molar-refractivity contribution in [1.82, 2.24) is 0 Å². The lowest BCUT2D eigenvalue weighted by molar-refractivity contribution is 0.0285. The normalized spacial score (nSPS) is 36.2. The van der Waals surface area contributed by atoms with E-state index in [1.165, 1.54) is 6.42 Å². The monoisotopic (exact) mass is 215 g/mol. The van der Waals surface area contributed by atoms with Crippen molar-refractivity contribution in [2.45, 2.75) is 58.5 Å². The van der Waals surface area contributed by atoms with Gasteiger partial charge in [-0.3, -0.25) is 0 Å². The molecule has 1 aliphatic carbocycles. The average molecular weight is 215 g/mol. The highest BCUT2D eigenvalue weighted by Crippen LogP contribution is 2.42. The number of hydrogen-bond acceptors (Lipinski definition) is 1. The SMILES string of the molecule is CCCC(F)(CN)C1CCC(C)C(C)C1. The first-order chi connectivity index (χ1) is 7.03. The summed E-state index contributed by atoms with van der Waals surface area (Å²) >= 11 is 0. The van der Waals surface area contributed by atoms with Gasteiger partial charge in [0.25, 0.3) is 0 Å². The third-order valence-electron chi connectivity index (χ3n) is 4.33. The molecule has 1 saturated carbocycles. The van der Waals surface area contributed by atoms with Crippen molar-refractivity contribution >= 4 is 0 Å². The Morgan fingerprint density at radius 2 is 1.93 bits per heavy atom. The van der Waals surface area contributed by atoms with Gasteiger partial charge < -0.3 is 5.73 Å². The Labute approximate surface area is 93.6 Å². The van der Waals surface area contributed by atoms with Crippen molar-refractivity contribution in [2.75, 3.05) is 6.54 Å². The van der Waals surface area contributed by atoms with Gasteiger partial charge in [-0.1, -0.05) is 33.6 Å². The van der Waals surface area contributed by atoms with Gasteiger partial charge in [0.05, 0.1) is 0 Å². The first-order valence-corrected chi connectivity index (χ1v) is 6.42. The molecule has 0 aromatic heterocycles. The van der Waals surface area contributed by atoms with Crippen molar-refractivity contribution in [1.29, 1.82) is 0 Å². The summed E-state index contributed by atoms with van der Waals surface area (Å²) in [5.41, 5.74) is 4.53. The summed E-state index contributed by atoms with van der Waals surface area (Å²) in [5, 5.41) is 0. The van der Waals surface area contributed by atoms with E-state index in [1.54, 1.807) is 0 Å². The van der Waals surface area contributed by atoms with E-state index in [1.807, 2.05) is 6.92 Å². The lowest BCUT2D eigenvalue weighted by Crippen LogP contribution is -2.43. The first kappa shape index (κ1) is 13.0. The number of rotatable bonds is 4. The minimum absolute atomic E-state index is 0.201. The van der Waals surface area contributed by atoms with Crippen LogP contribution in [0.3, 0.4) is 0 Å². The van der Waals surface area contributed by atoms with E-state index in [0.29, 0.717) is 12.3 Å². The van der Waals surface area contributed by atoms with E-state index in [4.69, 9.17) is 5.73 Å². The van der Waals surface area contributed by atoms with Crippen molar-refractivity contribution in [3.8, 4) is 0 Å². The average Bonchev–Trinajstić information content (AvgIpc) is 2.22. The van der Waals surface area contributed by atoms with Crippen LogP contribution < -0.4 is 5.73 Å². The van der Waals surface area contributed by atoms with Crippen molar-refractivity contribution in [2.24, 2.45) is 23.5 Å². The first-order valence-electron chi connectivity index (χ1n) is 6.42. The van der Waals surface area contributed by atoms with Crippen LogP contribution in [0.5, 0.6) is 0 Å². The summed E-state index contributed by atoms with van der Waals surface area (Å²) in [6.45, 7) is 6.77. The van der Waals surface area contributed by atoms with Crippen LogP contribution in [0, 0.1) is 17.8 Å². The van der Waals surface area contributed by atoms with Crippen LogP contribution in [0.1, 0.15) is 52.9 Å². The van der Waals surface area contributed by atoms with Gasteiger partial charge in [0.2, 0.25) is 0 Å². The molecule has 0 heterocycles. The van der Waals surface area contributed by atoms with Crippen LogP contribution in [-0.4, -0.2) is 12.2 Å². The number of hydrogen-bond donors (Lipinski definition) is 1. The van der Waals surface area contributed by atoms with Crippen molar-refractivity contribution in [3.63, 3.8) is 0 Å². The zero-order valence-corrected chi connectivity index (χ0v) is 10.4. The number of nitrogens with two attached hydrogens (primary N) is 1. The molecular weight excluding hydrogens is 189 g/mol.